The third-order valence-electron chi connectivity index (χ3n) is 6.15. The average molecular weight is 432 g/mol. The van der Waals surface area contributed by atoms with Crippen molar-refractivity contribution in [2.45, 2.75) is 69.1 Å². The summed E-state index contributed by atoms with van der Waals surface area (Å²) in [5.74, 6) is 0.308. The van der Waals surface area contributed by atoms with Gasteiger partial charge in [0.05, 0.1) is 18.4 Å². The zero-order chi connectivity index (χ0) is 21.0. The number of fused-ring (bicyclic) bond motifs is 3. The predicted molar refractivity (Wildman–Crippen MR) is 111 cm³/mol. The van der Waals surface area contributed by atoms with Gasteiger partial charge < -0.3 is 15.2 Å². The Morgan fingerprint density at radius 3 is 3.03 bits per heavy atom. The van der Waals surface area contributed by atoms with Crippen LogP contribution in [0.4, 0.5) is 10.5 Å². The summed E-state index contributed by atoms with van der Waals surface area (Å²) in [6.07, 6.45) is 5.65. The number of benzene rings is 1. The molecular weight excluding hydrogens is 406 g/mol. The molecule has 3 aliphatic rings. The van der Waals surface area contributed by atoms with Crippen molar-refractivity contribution in [1.82, 2.24) is 9.78 Å². The number of nitrogens with zero attached hydrogens (tertiary/aromatic N) is 3. The third-order valence-corrected chi connectivity index (χ3v) is 7.50. The number of aliphatic hydroxyl groups is 1. The quantitative estimate of drug-likeness (QED) is 0.672. The second-order valence-electron chi connectivity index (χ2n) is 8.21. The number of ether oxygens (including phenoxy) is 1. The SMILES string of the molecule is CC1CCn2ncc(S(N)(=O)=NC(=O)Nc3c4c(cc5c3CCC5O)CCC4)c2O1. The maximum atomic E-state index is 13.1. The van der Waals surface area contributed by atoms with Crippen LogP contribution in [0.5, 0.6) is 5.88 Å². The number of carbonyl (C=O) groups is 1. The van der Waals surface area contributed by atoms with Gasteiger partial charge in [0, 0.05) is 18.7 Å². The monoisotopic (exact) mass is 431 g/mol. The molecule has 2 aromatic rings. The Morgan fingerprint density at radius 1 is 1.37 bits per heavy atom. The molecule has 0 spiro atoms. The summed E-state index contributed by atoms with van der Waals surface area (Å²) < 4.78 is 24.3. The van der Waals surface area contributed by atoms with Crippen LogP contribution in [0.15, 0.2) is 21.5 Å². The third kappa shape index (κ3) is 3.19. The molecule has 5 rings (SSSR count). The van der Waals surface area contributed by atoms with Gasteiger partial charge in [0.1, 0.15) is 4.90 Å². The summed E-state index contributed by atoms with van der Waals surface area (Å²) in [5, 5.41) is 23.3. The van der Waals surface area contributed by atoms with Gasteiger partial charge in [-0.15, -0.1) is 4.36 Å². The molecule has 0 bridgehead atoms. The van der Waals surface area contributed by atoms with Crippen LogP contribution < -0.4 is 15.2 Å². The number of aromatic nitrogens is 2. The number of hydrogen-bond acceptors (Lipinski definition) is 5. The molecular formula is C20H25N5O4S. The van der Waals surface area contributed by atoms with Crippen molar-refractivity contribution < 1.29 is 18.8 Å². The summed E-state index contributed by atoms with van der Waals surface area (Å²) in [5.41, 5.74) is 4.73. The van der Waals surface area contributed by atoms with Gasteiger partial charge in [-0.05, 0) is 61.3 Å². The Hall–Kier alpha value is -2.43. The molecule has 1 aromatic carbocycles. The summed E-state index contributed by atoms with van der Waals surface area (Å²) in [6.45, 7) is 2.54. The largest absolute Gasteiger partial charge is 0.474 e. The van der Waals surface area contributed by atoms with Gasteiger partial charge in [-0.1, -0.05) is 6.07 Å². The van der Waals surface area contributed by atoms with Gasteiger partial charge in [0.15, 0.2) is 9.92 Å². The van der Waals surface area contributed by atoms with Crippen molar-refractivity contribution in [1.29, 1.82) is 0 Å². The highest BCUT2D eigenvalue weighted by molar-refractivity contribution is 7.91. The first-order valence-electron chi connectivity index (χ1n) is 10.3. The van der Waals surface area contributed by atoms with Crippen molar-refractivity contribution in [3.8, 4) is 5.88 Å². The molecule has 3 atom stereocenters. The Morgan fingerprint density at radius 2 is 2.20 bits per heavy atom. The predicted octanol–water partition coefficient (Wildman–Crippen LogP) is 2.46. The van der Waals surface area contributed by atoms with Crippen LogP contribution in [0.25, 0.3) is 0 Å². The lowest BCUT2D eigenvalue weighted by Crippen LogP contribution is -2.25. The van der Waals surface area contributed by atoms with Gasteiger partial charge >= 0.3 is 6.03 Å². The van der Waals surface area contributed by atoms with E-state index >= 15 is 0 Å². The number of rotatable bonds is 2. The topological polar surface area (TPSA) is 132 Å². The van der Waals surface area contributed by atoms with Gasteiger partial charge in [0.2, 0.25) is 5.88 Å². The molecule has 2 aliphatic carbocycles. The molecule has 10 heteroatoms. The molecule has 2 heterocycles. The maximum Gasteiger partial charge on any atom is 0.354 e. The lowest BCUT2D eigenvalue weighted by atomic mass is 9.98. The van der Waals surface area contributed by atoms with Crippen molar-refractivity contribution in [2.75, 3.05) is 5.32 Å². The summed E-state index contributed by atoms with van der Waals surface area (Å²) in [6, 6.07) is 1.29. The molecule has 0 saturated carbocycles. The molecule has 9 nitrogen and oxygen atoms in total. The minimum absolute atomic E-state index is 0.0575. The number of hydrogen-bond donors (Lipinski definition) is 3. The number of nitrogens with one attached hydrogen (secondary N) is 1. The minimum Gasteiger partial charge on any atom is -0.474 e. The van der Waals surface area contributed by atoms with Gasteiger partial charge in [-0.2, -0.15) is 5.10 Å². The molecule has 0 fully saturated rings. The highest BCUT2D eigenvalue weighted by Gasteiger charge is 2.30. The Labute approximate surface area is 174 Å². The van der Waals surface area contributed by atoms with Gasteiger partial charge in [0.25, 0.3) is 0 Å². The normalized spacial score (nSPS) is 23.7. The van der Waals surface area contributed by atoms with E-state index in [2.05, 4.69) is 20.8 Å². The molecule has 160 valence electrons. The van der Waals surface area contributed by atoms with E-state index in [4.69, 9.17) is 9.88 Å². The van der Waals surface area contributed by atoms with Crippen LogP contribution in [0, 0.1) is 0 Å². The van der Waals surface area contributed by atoms with E-state index in [1.807, 2.05) is 6.92 Å². The van der Waals surface area contributed by atoms with Crippen molar-refractivity contribution in [3.05, 3.63) is 34.5 Å². The Kier molecular flexibility index (Phi) is 4.60. The lowest BCUT2D eigenvalue weighted by molar-refractivity contribution is 0.144. The van der Waals surface area contributed by atoms with Gasteiger partial charge in [-0.25, -0.2) is 18.8 Å². The molecule has 4 N–H and O–H groups in total. The van der Waals surface area contributed by atoms with E-state index in [1.165, 1.54) is 6.20 Å². The first kappa shape index (κ1) is 19.5. The lowest BCUT2D eigenvalue weighted by Gasteiger charge is -2.22. The molecule has 2 amide bonds. The smallest absolute Gasteiger partial charge is 0.354 e. The zero-order valence-corrected chi connectivity index (χ0v) is 17.6. The van der Waals surface area contributed by atoms with E-state index in [1.54, 1.807) is 4.68 Å². The van der Waals surface area contributed by atoms with E-state index < -0.39 is 22.1 Å². The number of anilines is 1. The fourth-order valence-electron chi connectivity index (χ4n) is 4.66. The first-order chi connectivity index (χ1) is 14.3. The average Bonchev–Trinajstić information content (AvgIpc) is 3.40. The second-order valence-corrected chi connectivity index (χ2v) is 9.97. The van der Waals surface area contributed by atoms with Crippen molar-refractivity contribution in [3.63, 3.8) is 0 Å². The van der Waals surface area contributed by atoms with Crippen LogP contribution in [0.2, 0.25) is 0 Å². The van der Waals surface area contributed by atoms with E-state index in [9.17, 15) is 14.1 Å². The summed E-state index contributed by atoms with van der Waals surface area (Å²) >= 11 is 0. The van der Waals surface area contributed by atoms with E-state index in [-0.39, 0.29) is 11.0 Å². The molecule has 1 aliphatic heterocycles. The fourth-order valence-corrected chi connectivity index (χ4v) is 5.65. The molecule has 1 aromatic heterocycles. The molecule has 30 heavy (non-hydrogen) atoms. The van der Waals surface area contributed by atoms with Gasteiger partial charge in [-0.3, -0.25) is 0 Å². The number of amides is 2. The molecule has 0 saturated heterocycles. The van der Waals surface area contributed by atoms with Crippen molar-refractivity contribution >= 4 is 21.6 Å². The zero-order valence-electron chi connectivity index (χ0n) is 16.8. The molecule has 3 unspecified atom stereocenters. The van der Waals surface area contributed by atoms with Crippen LogP contribution >= 0.6 is 0 Å². The summed E-state index contributed by atoms with van der Waals surface area (Å²) in [4.78, 5) is 12.9. The maximum absolute atomic E-state index is 13.1. The van der Waals surface area contributed by atoms with E-state index in [0.717, 1.165) is 47.9 Å². The highest BCUT2D eigenvalue weighted by atomic mass is 32.2. The van der Waals surface area contributed by atoms with Crippen LogP contribution in [0.1, 0.15) is 54.5 Å². The first-order valence-corrected chi connectivity index (χ1v) is 11.9. The number of carbonyl (C=O) groups excluding carboxylic acids is 1. The minimum atomic E-state index is -3.53. The number of nitrogens with two attached hydrogens (primary N) is 1. The van der Waals surface area contributed by atoms with Crippen molar-refractivity contribution in [2.24, 2.45) is 9.50 Å². The number of aryl methyl sites for hydroxylation is 2. The van der Waals surface area contributed by atoms with E-state index in [0.29, 0.717) is 31.0 Å². The number of urea groups is 1. The standard InChI is InChI=1S/C20H25N5O4S/c1-11-7-8-25-19(29-11)17(10-22-25)30(21,28)24-20(27)23-18-13-4-2-3-12(13)9-15-14(18)5-6-16(15)26/h9-11,16,26H,2-8H2,1H3,(H3,21,23,24,27,28). The Balaban J connectivity index is 1.49. The van der Waals surface area contributed by atoms with Crippen LogP contribution in [-0.2, 0) is 35.7 Å². The van der Waals surface area contributed by atoms with Crippen LogP contribution in [0.3, 0.4) is 0 Å². The fraction of sp³-hybridized carbons (Fsp3) is 0.500. The number of aliphatic hydroxyl groups excluding tert-OH is 1. The molecule has 0 radical (unpaired) electrons. The Bertz CT molecular complexity index is 1160. The second kappa shape index (κ2) is 7.07. The summed E-state index contributed by atoms with van der Waals surface area (Å²) in [7, 11) is -3.53. The highest BCUT2D eigenvalue weighted by Crippen LogP contribution is 2.42. The van der Waals surface area contributed by atoms with Crippen LogP contribution in [-0.4, -0.2) is 31.2 Å².